The van der Waals surface area contributed by atoms with Crippen LogP contribution in [-0.4, -0.2) is 55.6 Å². The molecule has 8 heteroatoms. The lowest BCUT2D eigenvalue weighted by atomic mass is 9.99. The van der Waals surface area contributed by atoms with Crippen molar-refractivity contribution in [2.24, 2.45) is 5.92 Å². The maximum atomic E-state index is 13.1. The summed E-state index contributed by atoms with van der Waals surface area (Å²) in [5.41, 5.74) is 1.57. The molecule has 0 aromatic heterocycles. The van der Waals surface area contributed by atoms with E-state index in [1.807, 2.05) is 4.90 Å². The number of carbonyl (C=O) groups is 2. The summed E-state index contributed by atoms with van der Waals surface area (Å²) in [6.07, 6.45) is 4.22. The molecule has 146 valence electrons. The standard InChI is InChI=1S/C19H25N3O4S/c23-18-8-5-15-11-16(6-7-17(15)20-18)27(25,26)22-10-1-3-14(13-22)12-21-9-2-4-19(21)24/h6-7,11,14H,1-5,8-10,12-13H2,(H,20,23). The van der Waals surface area contributed by atoms with Crippen LogP contribution in [0.15, 0.2) is 23.1 Å². The third-order valence-corrected chi connectivity index (χ3v) is 7.60. The second-order valence-corrected chi connectivity index (χ2v) is 9.62. The topological polar surface area (TPSA) is 86.8 Å². The summed E-state index contributed by atoms with van der Waals surface area (Å²) < 4.78 is 27.8. The summed E-state index contributed by atoms with van der Waals surface area (Å²) in [7, 11) is -3.57. The Morgan fingerprint density at radius 2 is 1.93 bits per heavy atom. The number of sulfonamides is 1. The van der Waals surface area contributed by atoms with Gasteiger partial charge in [-0.2, -0.15) is 4.31 Å². The van der Waals surface area contributed by atoms with E-state index in [9.17, 15) is 18.0 Å². The predicted molar refractivity (Wildman–Crippen MR) is 101 cm³/mol. The monoisotopic (exact) mass is 391 g/mol. The number of likely N-dealkylation sites (tertiary alicyclic amines) is 1. The molecule has 2 fully saturated rings. The molecule has 3 aliphatic rings. The van der Waals surface area contributed by atoms with Crippen LogP contribution in [0, 0.1) is 5.92 Å². The minimum Gasteiger partial charge on any atom is -0.342 e. The lowest BCUT2D eigenvalue weighted by Gasteiger charge is -2.34. The van der Waals surface area contributed by atoms with Crippen molar-refractivity contribution in [3.8, 4) is 0 Å². The van der Waals surface area contributed by atoms with E-state index in [1.54, 1.807) is 22.5 Å². The molecule has 2 saturated heterocycles. The smallest absolute Gasteiger partial charge is 0.243 e. The van der Waals surface area contributed by atoms with E-state index >= 15 is 0 Å². The largest absolute Gasteiger partial charge is 0.342 e. The Labute approximate surface area is 159 Å². The first-order chi connectivity index (χ1) is 12.9. The third-order valence-electron chi connectivity index (χ3n) is 5.74. The van der Waals surface area contributed by atoms with Gasteiger partial charge in [-0.1, -0.05) is 0 Å². The molecule has 0 spiro atoms. The first-order valence-electron chi connectivity index (χ1n) is 9.64. The molecule has 1 aromatic carbocycles. The van der Waals surface area contributed by atoms with Gasteiger partial charge in [0.25, 0.3) is 0 Å². The molecule has 1 unspecified atom stereocenters. The Bertz CT molecular complexity index is 868. The van der Waals surface area contributed by atoms with E-state index in [0.717, 1.165) is 31.4 Å². The second kappa shape index (κ2) is 7.24. The molecule has 0 bridgehead atoms. The van der Waals surface area contributed by atoms with Crippen molar-refractivity contribution in [3.05, 3.63) is 23.8 Å². The number of hydrogen-bond acceptors (Lipinski definition) is 4. The van der Waals surface area contributed by atoms with Crippen molar-refractivity contribution in [1.82, 2.24) is 9.21 Å². The number of hydrogen-bond donors (Lipinski definition) is 1. The van der Waals surface area contributed by atoms with Crippen LogP contribution in [0.3, 0.4) is 0 Å². The molecular weight excluding hydrogens is 366 g/mol. The molecule has 0 aliphatic carbocycles. The van der Waals surface area contributed by atoms with Gasteiger partial charge in [0.15, 0.2) is 0 Å². The molecule has 4 rings (SSSR count). The summed E-state index contributed by atoms with van der Waals surface area (Å²) in [5, 5.41) is 2.78. The van der Waals surface area contributed by atoms with E-state index in [0.29, 0.717) is 44.6 Å². The zero-order valence-corrected chi connectivity index (χ0v) is 16.1. The summed E-state index contributed by atoms with van der Waals surface area (Å²) in [6.45, 7) is 2.42. The van der Waals surface area contributed by atoms with Crippen LogP contribution in [0.1, 0.15) is 37.7 Å². The molecule has 1 atom stereocenters. The van der Waals surface area contributed by atoms with Crippen molar-refractivity contribution in [2.75, 3.05) is 31.5 Å². The number of carbonyl (C=O) groups excluding carboxylic acids is 2. The van der Waals surface area contributed by atoms with Gasteiger partial charge in [0.2, 0.25) is 21.8 Å². The van der Waals surface area contributed by atoms with Gasteiger partial charge in [0.1, 0.15) is 0 Å². The summed E-state index contributed by atoms with van der Waals surface area (Å²) in [6, 6.07) is 4.95. The Morgan fingerprint density at radius 3 is 2.70 bits per heavy atom. The van der Waals surface area contributed by atoms with Crippen LogP contribution < -0.4 is 5.32 Å². The highest BCUT2D eigenvalue weighted by Crippen LogP contribution is 2.29. The zero-order chi connectivity index (χ0) is 19.0. The van der Waals surface area contributed by atoms with E-state index in [4.69, 9.17) is 0 Å². The van der Waals surface area contributed by atoms with Gasteiger partial charge in [0.05, 0.1) is 4.90 Å². The normalized spacial score (nSPS) is 24.0. The molecule has 1 aromatic rings. The van der Waals surface area contributed by atoms with Crippen LogP contribution in [0.4, 0.5) is 5.69 Å². The third kappa shape index (κ3) is 3.73. The molecule has 3 heterocycles. The van der Waals surface area contributed by atoms with Gasteiger partial charge in [-0.25, -0.2) is 8.42 Å². The SMILES string of the molecule is O=C1CCc2cc(S(=O)(=O)N3CCCC(CN4CCCC4=O)C3)ccc2N1. The summed E-state index contributed by atoms with van der Waals surface area (Å²) in [4.78, 5) is 25.5. The number of anilines is 1. The van der Waals surface area contributed by atoms with Crippen molar-refractivity contribution >= 4 is 27.5 Å². The van der Waals surface area contributed by atoms with Gasteiger partial charge < -0.3 is 10.2 Å². The Morgan fingerprint density at radius 1 is 1.07 bits per heavy atom. The molecule has 0 saturated carbocycles. The highest BCUT2D eigenvalue weighted by molar-refractivity contribution is 7.89. The quantitative estimate of drug-likeness (QED) is 0.845. The molecule has 27 heavy (non-hydrogen) atoms. The lowest BCUT2D eigenvalue weighted by Crippen LogP contribution is -2.44. The van der Waals surface area contributed by atoms with E-state index in [1.165, 1.54) is 0 Å². The Kier molecular flexibility index (Phi) is 4.94. The summed E-state index contributed by atoms with van der Waals surface area (Å²) in [5.74, 6) is 0.340. The molecule has 0 radical (unpaired) electrons. The Balaban J connectivity index is 1.49. The van der Waals surface area contributed by atoms with Crippen LogP contribution >= 0.6 is 0 Å². The number of rotatable bonds is 4. The average Bonchev–Trinajstić information content (AvgIpc) is 3.06. The number of aryl methyl sites for hydroxylation is 1. The number of amides is 2. The van der Waals surface area contributed by atoms with Crippen molar-refractivity contribution < 1.29 is 18.0 Å². The van der Waals surface area contributed by atoms with Crippen molar-refractivity contribution in [3.63, 3.8) is 0 Å². The van der Waals surface area contributed by atoms with Crippen LogP contribution in [0.25, 0.3) is 0 Å². The highest BCUT2D eigenvalue weighted by atomic mass is 32.2. The van der Waals surface area contributed by atoms with E-state index in [-0.39, 0.29) is 22.6 Å². The second-order valence-electron chi connectivity index (χ2n) is 7.68. The molecule has 7 nitrogen and oxygen atoms in total. The van der Waals surface area contributed by atoms with Crippen molar-refractivity contribution in [1.29, 1.82) is 0 Å². The maximum absolute atomic E-state index is 13.1. The molecular formula is C19H25N3O4S. The summed E-state index contributed by atoms with van der Waals surface area (Å²) >= 11 is 0. The number of nitrogens with zero attached hydrogens (tertiary/aromatic N) is 2. The van der Waals surface area contributed by atoms with Gasteiger partial charge in [-0.15, -0.1) is 0 Å². The van der Waals surface area contributed by atoms with Crippen LogP contribution in [0.5, 0.6) is 0 Å². The number of benzene rings is 1. The van der Waals surface area contributed by atoms with Crippen LogP contribution in [-0.2, 0) is 26.0 Å². The Hall–Kier alpha value is -1.93. The fourth-order valence-electron chi connectivity index (χ4n) is 4.27. The van der Waals surface area contributed by atoms with E-state index in [2.05, 4.69) is 5.32 Å². The maximum Gasteiger partial charge on any atom is 0.243 e. The molecule has 2 amide bonds. The fraction of sp³-hybridized carbons (Fsp3) is 0.579. The first-order valence-corrected chi connectivity index (χ1v) is 11.1. The minimum atomic E-state index is -3.57. The number of fused-ring (bicyclic) bond motifs is 1. The van der Waals surface area contributed by atoms with Gasteiger partial charge in [0, 0.05) is 44.7 Å². The first kappa shape index (κ1) is 18.4. The minimum absolute atomic E-state index is 0.0339. The van der Waals surface area contributed by atoms with Crippen molar-refractivity contribution in [2.45, 2.75) is 43.4 Å². The van der Waals surface area contributed by atoms with E-state index < -0.39 is 10.0 Å². The van der Waals surface area contributed by atoms with Crippen LogP contribution in [0.2, 0.25) is 0 Å². The van der Waals surface area contributed by atoms with Gasteiger partial charge in [-0.3, -0.25) is 9.59 Å². The van der Waals surface area contributed by atoms with Gasteiger partial charge >= 0.3 is 0 Å². The number of piperidine rings is 1. The lowest BCUT2D eigenvalue weighted by molar-refractivity contribution is -0.128. The fourth-order valence-corrected chi connectivity index (χ4v) is 5.88. The average molecular weight is 391 g/mol. The number of nitrogens with one attached hydrogen (secondary N) is 1. The zero-order valence-electron chi connectivity index (χ0n) is 15.3. The highest BCUT2D eigenvalue weighted by Gasteiger charge is 2.33. The van der Waals surface area contributed by atoms with Gasteiger partial charge in [-0.05, 0) is 55.4 Å². The molecule has 1 N–H and O–H groups in total. The molecule has 3 aliphatic heterocycles. The predicted octanol–water partition coefficient (Wildman–Crippen LogP) is 1.59.